The van der Waals surface area contributed by atoms with Crippen LogP contribution in [0.2, 0.25) is 0 Å². The number of benzene rings is 1. The molecule has 1 aromatic rings. The summed E-state index contributed by atoms with van der Waals surface area (Å²) < 4.78 is 33.9. The molecule has 2 fully saturated rings. The highest BCUT2D eigenvalue weighted by atomic mass is 19.3. The van der Waals surface area contributed by atoms with Gasteiger partial charge < -0.3 is 19.9 Å². The van der Waals surface area contributed by atoms with E-state index in [1.807, 2.05) is 0 Å². The van der Waals surface area contributed by atoms with Gasteiger partial charge in [-0.25, -0.2) is 0 Å². The van der Waals surface area contributed by atoms with Crippen LogP contribution in [-0.2, 0) is 14.3 Å². The summed E-state index contributed by atoms with van der Waals surface area (Å²) in [6.45, 7) is -2.92. The number of halogens is 2. The first-order valence-corrected chi connectivity index (χ1v) is 7.19. The summed E-state index contributed by atoms with van der Waals surface area (Å²) in [6, 6.07) is 5.43. The molecule has 4 atom stereocenters. The highest BCUT2D eigenvalue weighted by Gasteiger charge is 2.55. The Morgan fingerprint density at radius 2 is 1.78 bits per heavy atom. The van der Waals surface area contributed by atoms with Crippen molar-refractivity contribution in [1.82, 2.24) is 0 Å². The van der Waals surface area contributed by atoms with Gasteiger partial charge in [0.15, 0.2) is 0 Å². The Hall–Kier alpha value is -2.22. The van der Waals surface area contributed by atoms with Crippen LogP contribution >= 0.6 is 0 Å². The number of fused-ring (bicyclic) bond motifs is 2. The minimum atomic E-state index is -2.92. The van der Waals surface area contributed by atoms with Crippen molar-refractivity contribution >= 4 is 17.6 Å². The van der Waals surface area contributed by atoms with Crippen molar-refractivity contribution < 1.29 is 33.0 Å². The average Bonchev–Trinajstić information content (AvgIpc) is 3.09. The zero-order valence-electron chi connectivity index (χ0n) is 11.9. The molecule has 0 saturated carbocycles. The molecule has 2 bridgehead atoms. The summed E-state index contributed by atoms with van der Waals surface area (Å²) in [6.07, 6.45) is 0.497. The Kier molecular flexibility index (Phi) is 4.16. The van der Waals surface area contributed by atoms with E-state index in [9.17, 15) is 23.5 Å². The second-order valence-electron chi connectivity index (χ2n) is 5.57. The Labute approximate surface area is 130 Å². The van der Waals surface area contributed by atoms with Crippen LogP contribution in [0.5, 0.6) is 5.75 Å². The number of ether oxygens (including phenoxy) is 2. The van der Waals surface area contributed by atoms with Crippen LogP contribution in [0, 0.1) is 11.8 Å². The number of carbonyl (C=O) groups excluding carboxylic acids is 1. The quantitative estimate of drug-likeness (QED) is 0.865. The van der Waals surface area contributed by atoms with Gasteiger partial charge in [0.1, 0.15) is 5.75 Å². The second kappa shape index (κ2) is 6.11. The predicted octanol–water partition coefficient (Wildman–Crippen LogP) is 2.10. The van der Waals surface area contributed by atoms with E-state index in [1.54, 1.807) is 0 Å². The van der Waals surface area contributed by atoms with Crippen molar-refractivity contribution in [2.24, 2.45) is 11.8 Å². The van der Waals surface area contributed by atoms with E-state index in [-0.39, 0.29) is 11.9 Å². The van der Waals surface area contributed by atoms with Crippen molar-refractivity contribution in [1.29, 1.82) is 0 Å². The fourth-order valence-electron chi connectivity index (χ4n) is 3.27. The van der Waals surface area contributed by atoms with Gasteiger partial charge in [0.25, 0.3) is 0 Å². The summed E-state index contributed by atoms with van der Waals surface area (Å²) in [4.78, 5) is 23.7. The van der Waals surface area contributed by atoms with Gasteiger partial charge in [0.05, 0.1) is 24.0 Å². The number of aliphatic carboxylic acids is 1. The Bertz CT molecular complexity index is 606. The van der Waals surface area contributed by atoms with E-state index in [2.05, 4.69) is 10.1 Å². The number of anilines is 1. The number of rotatable bonds is 5. The normalized spacial score (nSPS) is 28.8. The molecule has 1 amide bonds. The number of nitrogens with one attached hydrogen (secondary N) is 1. The zero-order valence-corrected chi connectivity index (χ0v) is 11.9. The highest BCUT2D eigenvalue weighted by Crippen LogP contribution is 2.44. The molecule has 0 unspecified atom stereocenters. The number of carboxylic acid groups (broad SMARTS) is 1. The highest BCUT2D eigenvalue weighted by molar-refractivity contribution is 5.96. The first-order chi connectivity index (χ1) is 11.0. The average molecular weight is 327 g/mol. The Morgan fingerprint density at radius 3 is 2.35 bits per heavy atom. The maximum absolute atomic E-state index is 12.4. The van der Waals surface area contributed by atoms with Crippen molar-refractivity contribution in [3.63, 3.8) is 0 Å². The smallest absolute Gasteiger partial charge is 0.387 e. The van der Waals surface area contributed by atoms with Gasteiger partial charge in [-0.05, 0) is 37.1 Å². The molecule has 0 aromatic heterocycles. The van der Waals surface area contributed by atoms with Crippen LogP contribution in [0.1, 0.15) is 12.8 Å². The van der Waals surface area contributed by atoms with Gasteiger partial charge >= 0.3 is 12.6 Å². The molecular weight excluding hydrogens is 312 g/mol. The monoisotopic (exact) mass is 327 g/mol. The fraction of sp³-hybridized carbons (Fsp3) is 0.467. The third-order valence-electron chi connectivity index (χ3n) is 4.21. The number of carboxylic acids is 1. The molecule has 2 aliphatic rings. The second-order valence-corrected chi connectivity index (χ2v) is 5.57. The van der Waals surface area contributed by atoms with Crippen molar-refractivity contribution in [2.75, 3.05) is 5.32 Å². The molecule has 124 valence electrons. The van der Waals surface area contributed by atoms with Gasteiger partial charge in [0, 0.05) is 5.69 Å². The lowest BCUT2D eigenvalue weighted by atomic mass is 9.78. The SMILES string of the molecule is O=C(O)[C@@H]1[C@@H](C(=O)Nc2ccc(OC(F)F)cc2)[C@H]2CC[C@@H]1O2. The molecule has 2 N–H and O–H groups in total. The third kappa shape index (κ3) is 3.12. The van der Waals surface area contributed by atoms with Crippen molar-refractivity contribution in [3.05, 3.63) is 24.3 Å². The minimum absolute atomic E-state index is 0.0235. The fourth-order valence-corrected chi connectivity index (χ4v) is 3.27. The first-order valence-electron chi connectivity index (χ1n) is 7.19. The predicted molar refractivity (Wildman–Crippen MR) is 74.2 cm³/mol. The van der Waals surface area contributed by atoms with Crippen LogP contribution in [0.25, 0.3) is 0 Å². The van der Waals surface area contributed by atoms with E-state index in [0.29, 0.717) is 18.5 Å². The largest absolute Gasteiger partial charge is 0.481 e. The minimum Gasteiger partial charge on any atom is -0.481 e. The Balaban J connectivity index is 1.68. The molecule has 0 aliphatic carbocycles. The molecule has 0 spiro atoms. The first kappa shape index (κ1) is 15.7. The lowest BCUT2D eigenvalue weighted by Crippen LogP contribution is -2.40. The molecule has 2 aliphatic heterocycles. The van der Waals surface area contributed by atoms with E-state index >= 15 is 0 Å². The lowest BCUT2D eigenvalue weighted by molar-refractivity contribution is -0.147. The number of hydrogen-bond donors (Lipinski definition) is 2. The lowest BCUT2D eigenvalue weighted by Gasteiger charge is -2.23. The third-order valence-corrected chi connectivity index (χ3v) is 4.21. The van der Waals surface area contributed by atoms with Crippen LogP contribution in [0.3, 0.4) is 0 Å². The molecule has 6 nitrogen and oxygen atoms in total. The maximum atomic E-state index is 12.4. The summed E-state index contributed by atoms with van der Waals surface area (Å²) in [5.41, 5.74) is 0.378. The maximum Gasteiger partial charge on any atom is 0.387 e. The van der Waals surface area contributed by atoms with Gasteiger partial charge in [-0.1, -0.05) is 0 Å². The molecule has 2 heterocycles. The van der Waals surface area contributed by atoms with E-state index in [4.69, 9.17) is 4.74 Å². The molecule has 23 heavy (non-hydrogen) atoms. The summed E-state index contributed by atoms with van der Waals surface area (Å²) in [5, 5.41) is 11.9. The van der Waals surface area contributed by atoms with Crippen LogP contribution in [0.15, 0.2) is 24.3 Å². The summed E-state index contributed by atoms with van der Waals surface area (Å²) >= 11 is 0. The van der Waals surface area contributed by atoms with Crippen LogP contribution in [0.4, 0.5) is 14.5 Å². The van der Waals surface area contributed by atoms with Gasteiger partial charge in [0.2, 0.25) is 5.91 Å². The molecular formula is C15H15F2NO5. The number of alkyl halides is 2. The molecule has 3 rings (SSSR count). The molecule has 2 saturated heterocycles. The molecule has 0 radical (unpaired) electrons. The summed E-state index contributed by atoms with van der Waals surface area (Å²) in [7, 11) is 0. The zero-order chi connectivity index (χ0) is 16.6. The van der Waals surface area contributed by atoms with Crippen molar-refractivity contribution in [2.45, 2.75) is 31.7 Å². The number of carbonyl (C=O) groups is 2. The topological polar surface area (TPSA) is 84.9 Å². The van der Waals surface area contributed by atoms with Gasteiger partial charge in [-0.15, -0.1) is 0 Å². The Morgan fingerprint density at radius 1 is 1.17 bits per heavy atom. The number of hydrogen-bond acceptors (Lipinski definition) is 4. The standard InChI is InChI=1S/C15H15F2NO5/c16-15(17)22-8-3-1-7(2-4-8)18-13(19)11-9-5-6-10(23-9)12(11)14(20)21/h1-4,9-12,15H,5-6H2,(H,18,19)(H,20,21)/t9-,10+,11+,12+/m1/s1. The van der Waals surface area contributed by atoms with E-state index < -0.39 is 36.4 Å². The van der Waals surface area contributed by atoms with Gasteiger partial charge in [-0.3, -0.25) is 9.59 Å². The van der Waals surface area contributed by atoms with Gasteiger partial charge in [-0.2, -0.15) is 8.78 Å². The van der Waals surface area contributed by atoms with Crippen molar-refractivity contribution in [3.8, 4) is 5.75 Å². The van der Waals surface area contributed by atoms with Crippen LogP contribution < -0.4 is 10.1 Å². The van der Waals surface area contributed by atoms with E-state index in [0.717, 1.165) is 0 Å². The number of amides is 1. The molecule has 8 heteroatoms. The molecule has 1 aromatic carbocycles. The summed E-state index contributed by atoms with van der Waals surface area (Å²) in [5.74, 6) is -3.10. The van der Waals surface area contributed by atoms with Crippen LogP contribution in [-0.4, -0.2) is 35.8 Å². The van der Waals surface area contributed by atoms with E-state index in [1.165, 1.54) is 24.3 Å².